The van der Waals surface area contributed by atoms with Gasteiger partial charge in [0.15, 0.2) is 17.2 Å². The smallest absolute Gasteiger partial charge is 0.178 e. The maximum Gasteiger partial charge on any atom is 0.178 e. The molecule has 1 saturated carbocycles. The molecule has 0 unspecified atom stereocenters. The molecule has 0 spiro atoms. The zero-order chi connectivity index (χ0) is 19.1. The number of aromatic nitrogens is 6. The van der Waals surface area contributed by atoms with Crippen LogP contribution in [0, 0.1) is 18.3 Å². The first kappa shape index (κ1) is 16.3. The Kier molecular flexibility index (Phi) is 3.69. The predicted molar refractivity (Wildman–Crippen MR) is 104 cm³/mol. The topological polar surface area (TPSA) is 109 Å². The number of benzene rings is 1. The fourth-order valence-corrected chi connectivity index (χ4v) is 3.03. The summed E-state index contributed by atoms with van der Waals surface area (Å²) in [5.74, 6) is 0.629. The van der Waals surface area contributed by atoms with Crippen molar-refractivity contribution in [3.8, 4) is 11.8 Å². The molecule has 4 aromatic rings. The number of fused-ring (bicyclic) bond motifs is 1. The Labute approximate surface area is 160 Å². The molecular weight excluding hydrogens is 354 g/mol. The number of hydrogen-bond acceptors (Lipinski definition) is 7. The number of nitriles is 1. The van der Waals surface area contributed by atoms with Crippen LogP contribution in [0.25, 0.3) is 11.3 Å². The lowest BCUT2D eigenvalue weighted by atomic mass is 10.2. The Balaban J connectivity index is 1.56. The molecule has 28 heavy (non-hydrogen) atoms. The van der Waals surface area contributed by atoms with E-state index in [0.717, 1.165) is 35.5 Å². The molecule has 0 saturated heterocycles. The molecule has 0 amide bonds. The first-order valence-electron chi connectivity index (χ1n) is 8.99. The second-order valence-electron chi connectivity index (χ2n) is 6.82. The van der Waals surface area contributed by atoms with Gasteiger partial charge in [0.05, 0.1) is 17.6 Å². The highest BCUT2D eigenvalue weighted by atomic mass is 15.3. The van der Waals surface area contributed by atoms with E-state index in [1.54, 1.807) is 21.7 Å². The van der Waals surface area contributed by atoms with E-state index in [1.807, 2.05) is 31.2 Å². The number of nitrogens with one attached hydrogen (secondary N) is 2. The Bertz CT molecular complexity index is 1200. The van der Waals surface area contributed by atoms with Crippen molar-refractivity contribution >= 4 is 22.8 Å². The van der Waals surface area contributed by atoms with Gasteiger partial charge in [-0.3, -0.25) is 0 Å². The van der Waals surface area contributed by atoms with Gasteiger partial charge in [-0.2, -0.15) is 14.9 Å². The number of aryl methyl sites for hydroxylation is 1. The van der Waals surface area contributed by atoms with Crippen LogP contribution >= 0.6 is 0 Å². The van der Waals surface area contributed by atoms with Crippen LogP contribution in [0.1, 0.15) is 24.1 Å². The summed E-state index contributed by atoms with van der Waals surface area (Å²) in [6, 6.07) is 10.5. The van der Waals surface area contributed by atoms with E-state index >= 15 is 0 Å². The Morgan fingerprint density at radius 2 is 2.11 bits per heavy atom. The highest BCUT2D eigenvalue weighted by molar-refractivity contribution is 5.74. The minimum atomic E-state index is 0.394. The van der Waals surface area contributed by atoms with Crippen molar-refractivity contribution in [2.45, 2.75) is 25.8 Å². The van der Waals surface area contributed by atoms with Crippen LogP contribution in [0.3, 0.4) is 0 Å². The first-order chi connectivity index (χ1) is 13.7. The molecule has 1 aliphatic rings. The summed E-state index contributed by atoms with van der Waals surface area (Å²) < 4.78 is 3.27. The van der Waals surface area contributed by atoms with Crippen molar-refractivity contribution in [3.05, 3.63) is 54.4 Å². The van der Waals surface area contributed by atoms with Gasteiger partial charge < -0.3 is 10.6 Å². The molecule has 2 N–H and O–H groups in total. The second kappa shape index (κ2) is 6.35. The van der Waals surface area contributed by atoms with Gasteiger partial charge in [0, 0.05) is 17.8 Å². The number of nitrogens with zero attached hydrogens (tertiary/aromatic N) is 7. The van der Waals surface area contributed by atoms with E-state index in [-0.39, 0.29) is 0 Å². The summed E-state index contributed by atoms with van der Waals surface area (Å²) in [5, 5.41) is 25.0. The third-order valence-electron chi connectivity index (χ3n) is 4.69. The minimum Gasteiger partial charge on any atom is -0.379 e. The molecule has 9 heteroatoms. The van der Waals surface area contributed by atoms with Crippen LogP contribution in [0.5, 0.6) is 0 Å². The van der Waals surface area contributed by atoms with Gasteiger partial charge in [0.2, 0.25) is 0 Å². The number of rotatable bonds is 5. The summed E-state index contributed by atoms with van der Waals surface area (Å²) in [4.78, 5) is 8.35. The molecule has 0 bridgehead atoms. The quantitative estimate of drug-likeness (QED) is 0.555. The fraction of sp³-hybridized carbons (Fsp3) is 0.211. The van der Waals surface area contributed by atoms with Crippen LogP contribution in [0.15, 0.2) is 43.1 Å². The molecule has 0 radical (unpaired) electrons. The highest BCUT2D eigenvalue weighted by Gasteiger charge is 2.23. The van der Waals surface area contributed by atoms with E-state index < -0.39 is 0 Å². The lowest BCUT2D eigenvalue weighted by molar-refractivity contribution is 0.878. The third-order valence-corrected chi connectivity index (χ3v) is 4.69. The summed E-state index contributed by atoms with van der Waals surface area (Å²) in [5.41, 5.74) is 4.77. The molecule has 3 aromatic heterocycles. The summed E-state index contributed by atoms with van der Waals surface area (Å²) in [6.07, 6.45) is 6.98. The molecule has 1 aromatic carbocycles. The molecule has 5 rings (SSSR count). The lowest BCUT2D eigenvalue weighted by Crippen LogP contribution is -2.08. The molecule has 0 atom stereocenters. The number of hydrogen-bond donors (Lipinski definition) is 2. The average Bonchev–Trinajstić information content (AvgIpc) is 3.19. The van der Waals surface area contributed by atoms with Gasteiger partial charge in [-0.05, 0) is 37.5 Å². The van der Waals surface area contributed by atoms with Crippen LogP contribution in [0.4, 0.5) is 17.2 Å². The summed E-state index contributed by atoms with van der Waals surface area (Å²) >= 11 is 0. The summed E-state index contributed by atoms with van der Waals surface area (Å²) in [6.45, 7) is 2.02. The van der Waals surface area contributed by atoms with Crippen molar-refractivity contribution in [2.24, 2.45) is 0 Å². The van der Waals surface area contributed by atoms with Crippen LogP contribution in [-0.4, -0.2) is 35.4 Å². The van der Waals surface area contributed by atoms with E-state index in [0.29, 0.717) is 23.2 Å². The van der Waals surface area contributed by atoms with Gasteiger partial charge in [0.25, 0.3) is 0 Å². The van der Waals surface area contributed by atoms with Gasteiger partial charge in [0.1, 0.15) is 18.7 Å². The van der Waals surface area contributed by atoms with Crippen molar-refractivity contribution in [3.63, 3.8) is 0 Å². The maximum absolute atomic E-state index is 9.37. The van der Waals surface area contributed by atoms with Crippen molar-refractivity contribution in [1.29, 1.82) is 5.26 Å². The Morgan fingerprint density at radius 3 is 2.86 bits per heavy atom. The normalized spacial score (nSPS) is 13.4. The number of imidazole rings is 1. The average molecular weight is 371 g/mol. The van der Waals surface area contributed by atoms with Crippen molar-refractivity contribution in [2.75, 3.05) is 10.6 Å². The second-order valence-corrected chi connectivity index (χ2v) is 6.82. The fourth-order valence-electron chi connectivity index (χ4n) is 3.03. The third kappa shape index (κ3) is 2.91. The van der Waals surface area contributed by atoms with Crippen LogP contribution in [0.2, 0.25) is 0 Å². The summed E-state index contributed by atoms with van der Waals surface area (Å²) in [7, 11) is 0. The van der Waals surface area contributed by atoms with Gasteiger partial charge in [-0.15, -0.1) is 5.10 Å². The monoisotopic (exact) mass is 371 g/mol. The van der Waals surface area contributed by atoms with E-state index in [9.17, 15) is 5.26 Å². The first-order valence-corrected chi connectivity index (χ1v) is 8.99. The van der Waals surface area contributed by atoms with Crippen molar-refractivity contribution < 1.29 is 0 Å². The molecular formula is C19H17N9. The molecule has 138 valence electrons. The molecule has 3 heterocycles. The SMILES string of the molecule is Cc1ccc(-n2cncn2)cc1Nc1cc(NC2CC2)c2ncc(C#N)n2n1. The Hall–Kier alpha value is -3.93. The zero-order valence-corrected chi connectivity index (χ0v) is 15.2. The van der Waals surface area contributed by atoms with Crippen LogP contribution in [-0.2, 0) is 0 Å². The van der Waals surface area contributed by atoms with E-state index in [1.165, 1.54) is 6.33 Å². The maximum atomic E-state index is 9.37. The van der Waals surface area contributed by atoms with Gasteiger partial charge >= 0.3 is 0 Å². The molecule has 1 fully saturated rings. The highest BCUT2D eigenvalue weighted by Crippen LogP contribution is 2.30. The molecule has 9 nitrogen and oxygen atoms in total. The lowest BCUT2D eigenvalue weighted by Gasteiger charge is -2.13. The Morgan fingerprint density at radius 1 is 1.21 bits per heavy atom. The molecule has 1 aliphatic carbocycles. The van der Waals surface area contributed by atoms with Crippen LogP contribution < -0.4 is 10.6 Å². The van der Waals surface area contributed by atoms with E-state index in [2.05, 4.69) is 36.9 Å². The van der Waals surface area contributed by atoms with Gasteiger partial charge in [-0.25, -0.2) is 14.6 Å². The minimum absolute atomic E-state index is 0.394. The predicted octanol–water partition coefficient (Wildman–Crippen LogP) is 2.81. The van der Waals surface area contributed by atoms with Gasteiger partial charge in [-0.1, -0.05) is 6.07 Å². The number of anilines is 3. The standard InChI is InChI=1S/C19H17N9/c1-12-2-5-14(27-11-21-10-23-27)6-16(12)25-18-7-17(24-13-3-4-13)19-22-9-15(8-20)28(19)26-18/h2,5-7,9-11,13,24H,3-4H2,1H3,(H,25,26). The largest absolute Gasteiger partial charge is 0.379 e. The van der Waals surface area contributed by atoms with Crippen molar-refractivity contribution in [1.82, 2.24) is 29.4 Å². The molecule has 0 aliphatic heterocycles. The zero-order valence-electron chi connectivity index (χ0n) is 15.2. The van der Waals surface area contributed by atoms with E-state index in [4.69, 9.17) is 0 Å².